The van der Waals surface area contributed by atoms with E-state index in [-0.39, 0.29) is 5.56 Å². The highest BCUT2D eigenvalue weighted by Gasteiger charge is 2.15. The van der Waals surface area contributed by atoms with E-state index in [1.54, 1.807) is 0 Å². The van der Waals surface area contributed by atoms with Gasteiger partial charge in [0.05, 0.1) is 5.69 Å². The van der Waals surface area contributed by atoms with Gasteiger partial charge in [-0.25, -0.2) is 0 Å². The van der Waals surface area contributed by atoms with Crippen LogP contribution in [0.2, 0.25) is 5.02 Å². The topological polar surface area (TPSA) is 46.0 Å². The standard InChI is InChI=1S/C19H14ClN3OS3.C6H15N/c1-10-3-5-12(6-4-10)23-17(24)15-16(21-18(23)25)22(19(26)27-15)13-7-8-14(20)11(2)9-13;1-4-7(5-2)6-3/h3-9H,1-2H3,(H,21,25);4-6H2,1-3H3. The lowest BCUT2D eigenvalue weighted by Gasteiger charge is -2.13. The minimum absolute atomic E-state index is 0.182. The summed E-state index contributed by atoms with van der Waals surface area (Å²) in [6.07, 6.45) is 0. The van der Waals surface area contributed by atoms with Crippen LogP contribution in [0.3, 0.4) is 0 Å². The number of aryl methyl sites for hydroxylation is 2. The maximum Gasteiger partial charge on any atom is 0.278 e. The van der Waals surface area contributed by atoms with Crippen LogP contribution in [-0.2, 0) is 0 Å². The summed E-state index contributed by atoms with van der Waals surface area (Å²) in [6, 6.07) is 13.3. The number of H-pyrrole nitrogens is 1. The van der Waals surface area contributed by atoms with Gasteiger partial charge in [-0.1, -0.05) is 61.4 Å². The van der Waals surface area contributed by atoms with Crippen LogP contribution < -0.4 is 5.56 Å². The molecule has 0 spiro atoms. The highest BCUT2D eigenvalue weighted by molar-refractivity contribution is 7.73. The van der Waals surface area contributed by atoms with Gasteiger partial charge in [0.15, 0.2) is 8.73 Å². The van der Waals surface area contributed by atoms with Crippen LogP contribution in [0.5, 0.6) is 0 Å². The molecule has 0 saturated carbocycles. The second-order valence-electron chi connectivity index (χ2n) is 7.84. The van der Waals surface area contributed by atoms with Crippen molar-refractivity contribution in [3.63, 3.8) is 0 Å². The van der Waals surface area contributed by atoms with Gasteiger partial charge in [-0.05, 0) is 93.8 Å². The summed E-state index contributed by atoms with van der Waals surface area (Å²) in [5.74, 6) is 0. The Labute approximate surface area is 219 Å². The maximum atomic E-state index is 13.2. The normalized spacial score (nSPS) is 11.0. The lowest BCUT2D eigenvalue weighted by molar-refractivity contribution is 0.321. The number of rotatable bonds is 5. The number of benzene rings is 2. The molecule has 2 heterocycles. The van der Waals surface area contributed by atoms with Gasteiger partial charge in [-0.15, -0.1) is 0 Å². The predicted octanol–water partition coefficient (Wildman–Crippen LogP) is 7.25. The van der Waals surface area contributed by atoms with Gasteiger partial charge in [0.2, 0.25) is 0 Å². The first-order valence-electron chi connectivity index (χ1n) is 11.2. The molecular formula is C25H29ClN4OS3. The van der Waals surface area contributed by atoms with Crippen molar-refractivity contribution in [3.05, 3.63) is 77.7 Å². The zero-order valence-electron chi connectivity index (χ0n) is 20.0. The van der Waals surface area contributed by atoms with Crippen molar-refractivity contribution < 1.29 is 0 Å². The Morgan fingerprint density at radius 1 is 0.941 bits per heavy atom. The lowest BCUT2D eigenvalue weighted by Crippen LogP contribution is -2.21. The summed E-state index contributed by atoms with van der Waals surface area (Å²) in [6.45, 7) is 14.0. The average Bonchev–Trinajstić information content (AvgIpc) is 3.14. The molecule has 1 N–H and O–H groups in total. The summed E-state index contributed by atoms with van der Waals surface area (Å²) >= 11 is 18.4. The van der Waals surface area contributed by atoms with Crippen LogP contribution in [0.4, 0.5) is 0 Å². The minimum Gasteiger partial charge on any atom is -0.316 e. The van der Waals surface area contributed by atoms with Crippen LogP contribution in [0.1, 0.15) is 31.9 Å². The molecule has 180 valence electrons. The number of aromatic nitrogens is 3. The fourth-order valence-corrected chi connectivity index (χ4v) is 5.31. The molecule has 4 aromatic rings. The van der Waals surface area contributed by atoms with E-state index >= 15 is 0 Å². The van der Waals surface area contributed by atoms with E-state index in [1.165, 1.54) is 35.5 Å². The van der Waals surface area contributed by atoms with Crippen molar-refractivity contribution >= 4 is 57.7 Å². The number of hydrogen-bond acceptors (Lipinski definition) is 5. The molecule has 34 heavy (non-hydrogen) atoms. The van der Waals surface area contributed by atoms with Crippen LogP contribution in [-0.4, -0.2) is 38.7 Å². The van der Waals surface area contributed by atoms with Gasteiger partial charge in [0.1, 0.15) is 10.3 Å². The van der Waals surface area contributed by atoms with E-state index in [1.807, 2.05) is 60.9 Å². The number of thiazole rings is 1. The quantitative estimate of drug-likeness (QED) is 0.275. The summed E-state index contributed by atoms with van der Waals surface area (Å²) in [4.78, 5) is 18.7. The van der Waals surface area contributed by atoms with Gasteiger partial charge in [-0.3, -0.25) is 13.9 Å². The highest BCUT2D eigenvalue weighted by atomic mass is 35.5. The average molecular weight is 533 g/mol. The van der Waals surface area contributed by atoms with Gasteiger partial charge >= 0.3 is 0 Å². The Morgan fingerprint density at radius 3 is 2.06 bits per heavy atom. The molecule has 0 fully saturated rings. The Balaban J connectivity index is 0.000000406. The van der Waals surface area contributed by atoms with E-state index in [9.17, 15) is 4.79 Å². The summed E-state index contributed by atoms with van der Waals surface area (Å²) in [5, 5.41) is 0.680. The molecule has 0 aliphatic heterocycles. The number of fused-ring (bicyclic) bond motifs is 1. The van der Waals surface area contributed by atoms with Gasteiger partial charge in [0.25, 0.3) is 5.56 Å². The molecular weight excluding hydrogens is 504 g/mol. The molecule has 2 aromatic carbocycles. The molecule has 4 rings (SSSR count). The van der Waals surface area contributed by atoms with Crippen LogP contribution in [0.15, 0.2) is 47.3 Å². The summed E-state index contributed by atoms with van der Waals surface area (Å²) < 4.78 is 4.75. The smallest absolute Gasteiger partial charge is 0.278 e. The minimum atomic E-state index is -0.182. The molecule has 5 nitrogen and oxygen atoms in total. The molecule has 0 radical (unpaired) electrons. The molecule has 0 aliphatic rings. The zero-order valence-corrected chi connectivity index (χ0v) is 23.2. The third-order valence-corrected chi connectivity index (χ3v) is 7.74. The third kappa shape index (κ3) is 5.58. The van der Waals surface area contributed by atoms with E-state index in [2.05, 4.69) is 30.7 Å². The van der Waals surface area contributed by atoms with Crippen molar-refractivity contribution in [2.75, 3.05) is 19.6 Å². The first kappa shape index (κ1) is 26.5. The molecule has 0 saturated heterocycles. The van der Waals surface area contributed by atoms with Crippen molar-refractivity contribution in [2.45, 2.75) is 34.6 Å². The zero-order chi connectivity index (χ0) is 25.0. The summed E-state index contributed by atoms with van der Waals surface area (Å²) in [7, 11) is 0. The molecule has 0 aliphatic carbocycles. The fourth-order valence-electron chi connectivity index (χ4n) is 3.58. The maximum absolute atomic E-state index is 13.2. The van der Waals surface area contributed by atoms with Crippen molar-refractivity contribution in [3.8, 4) is 11.4 Å². The van der Waals surface area contributed by atoms with Gasteiger partial charge in [-0.2, -0.15) is 0 Å². The molecule has 0 amide bonds. The van der Waals surface area contributed by atoms with Crippen LogP contribution in [0.25, 0.3) is 21.7 Å². The largest absolute Gasteiger partial charge is 0.316 e. The molecule has 9 heteroatoms. The molecule has 0 bridgehead atoms. The third-order valence-electron chi connectivity index (χ3n) is 5.67. The Hall–Kier alpha value is -2.10. The van der Waals surface area contributed by atoms with Crippen molar-refractivity contribution in [1.29, 1.82) is 0 Å². The number of nitrogens with zero attached hydrogens (tertiary/aromatic N) is 3. The fraction of sp³-hybridized carbons (Fsp3) is 0.320. The van der Waals surface area contributed by atoms with Gasteiger partial charge < -0.3 is 9.88 Å². The van der Waals surface area contributed by atoms with Gasteiger partial charge in [0, 0.05) is 10.7 Å². The lowest BCUT2D eigenvalue weighted by atomic mass is 10.2. The number of halogens is 1. The predicted molar refractivity (Wildman–Crippen MR) is 151 cm³/mol. The van der Waals surface area contributed by atoms with E-state index in [4.69, 9.17) is 36.0 Å². The first-order chi connectivity index (χ1) is 16.2. The second-order valence-corrected chi connectivity index (χ2v) is 10.3. The van der Waals surface area contributed by atoms with Crippen LogP contribution in [0, 0.1) is 22.6 Å². The Kier molecular flexibility index (Phi) is 9.01. The van der Waals surface area contributed by atoms with Crippen LogP contribution >= 0.6 is 47.4 Å². The van der Waals surface area contributed by atoms with E-state index in [0.29, 0.717) is 24.1 Å². The Morgan fingerprint density at radius 2 is 1.53 bits per heavy atom. The monoisotopic (exact) mass is 532 g/mol. The Bertz CT molecular complexity index is 1460. The summed E-state index contributed by atoms with van der Waals surface area (Å²) in [5.41, 5.74) is 4.03. The molecule has 2 aromatic heterocycles. The molecule has 0 unspecified atom stereocenters. The highest BCUT2D eigenvalue weighted by Crippen LogP contribution is 2.26. The van der Waals surface area contributed by atoms with E-state index < -0.39 is 0 Å². The number of hydrogen-bond donors (Lipinski definition) is 1. The first-order valence-corrected chi connectivity index (χ1v) is 13.2. The SMILES string of the molecule is CCN(CC)CC.Cc1ccc(-n2c(=S)[nH]c3c(sc(=S)n3-c3ccc(Cl)c(C)c3)c2=O)cc1. The molecule has 0 atom stereocenters. The van der Waals surface area contributed by atoms with Crippen molar-refractivity contribution in [2.24, 2.45) is 0 Å². The number of nitrogens with one attached hydrogen (secondary N) is 1. The van der Waals surface area contributed by atoms with Crippen molar-refractivity contribution in [1.82, 2.24) is 19.0 Å². The number of aromatic amines is 1. The van der Waals surface area contributed by atoms with E-state index in [0.717, 1.165) is 22.5 Å². The second kappa shape index (κ2) is 11.6.